The van der Waals surface area contributed by atoms with Crippen molar-refractivity contribution in [2.45, 2.75) is 13.3 Å². The van der Waals surface area contributed by atoms with E-state index in [0.717, 1.165) is 21.1 Å². The summed E-state index contributed by atoms with van der Waals surface area (Å²) < 4.78 is 5.76. The lowest BCUT2D eigenvalue weighted by Crippen LogP contribution is -2.11. The van der Waals surface area contributed by atoms with Crippen LogP contribution < -0.4 is 11.1 Å². The zero-order valence-corrected chi connectivity index (χ0v) is 12.7. The van der Waals surface area contributed by atoms with Crippen molar-refractivity contribution in [3.05, 3.63) is 28.9 Å². The largest absolute Gasteiger partial charge is 0.466 e. The minimum absolute atomic E-state index is 0.213. The number of rotatable bonds is 5. The van der Waals surface area contributed by atoms with Gasteiger partial charge in [-0.05, 0) is 41.1 Å². The van der Waals surface area contributed by atoms with Crippen LogP contribution in [0.5, 0.6) is 0 Å². The Bertz CT molecular complexity index is 631. The van der Waals surface area contributed by atoms with Crippen molar-refractivity contribution < 1.29 is 9.53 Å². The minimum Gasteiger partial charge on any atom is -0.466 e. The van der Waals surface area contributed by atoms with Crippen molar-refractivity contribution in [1.29, 1.82) is 0 Å². The Morgan fingerprint density at radius 2 is 2.30 bits per heavy atom. The molecule has 3 N–H and O–H groups in total. The number of esters is 1. The van der Waals surface area contributed by atoms with Crippen molar-refractivity contribution in [3.8, 4) is 0 Å². The molecule has 0 aliphatic rings. The van der Waals surface area contributed by atoms with E-state index in [4.69, 9.17) is 10.5 Å². The monoisotopic (exact) mass is 337 g/mol. The molecule has 0 bridgehead atoms. The van der Waals surface area contributed by atoms with Gasteiger partial charge in [-0.15, -0.1) is 0 Å². The van der Waals surface area contributed by atoms with Crippen LogP contribution in [-0.2, 0) is 9.53 Å². The first-order chi connectivity index (χ1) is 9.61. The molecule has 106 valence electrons. The molecule has 0 saturated heterocycles. The lowest BCUT2D eigenvalue weighted by atomic mass is 10.1. The molecule has 1 heterocycles. The van der Waals surface area contributed by atoms with Crippen LogP contribution in [0.3, 0.4) is 0 Å². The standard InChI is InChI=1S/C14H16BrN3O2/c1-2-20-13(19)5-6-17-12-4-3-11(16)10-7-9(15)8-18-14(10)12/h3-4,7-8,17H,2,5-6,16H2,1H3. The number of aromatic nitrogens is 1. The molecule has 0 saturated carbocycles. The van der Waals surface area contributed by atoms with Crippen LogP contribution in [0.4, 0.5) is 11.4 Å². The highest BCUT2D eigenvalue weighted by Gasteiger charge is 2.07. The van der Waals surface area contributed by atoms with E-state index in [2.05, 4.69) is 26.2 Å². The second-order valence-electron chi connectivity index (χ2n) is 4.23. The molecular weight excluding hydrogens is 322 g/mol. The number of ether oxygens (including phenoxy) is 1. The van der Waals surface area contributed by atoms with Crippen molar-refractivity contribution >= 4 is 44.2 Å². The van der Waals surface area contributed by atoms with Crippen molar-refractivity contribution in [3.63, 3.8) is 0 Å². The van der Waals surface area contributed by atoms with E-state index in [1.165, 1.54) is 0 Å². The van der Waals surface area contributed by atoms with Gasteiger partial charge in [0.1, 0.15) is 0 Å². The Labute approximate surface area is 125 Å². The van der Waals surface area contributed by atoms with Gasteiger partial charge in [0.05, 0.1) is 24.2 Å². The summed E-state index contributed by atoms with van der Waals surface area (Å²) in [5, 5.41) is 4.06. The van der Waals surface area contributed by atoms with Crippen molar-refractivity contribution in [1.82, 2.24) is 4.98 Å². The fourth-order valence-electron chi connectivity index (χ4n) is 1.89. The molecule has 5 nitrogen and oxygen atoms in total. The fraction of sp³-hybridized carbons (Fsp3) is 0.286. The number of hydrogen-bond acceptors (Lipinski definition) is 5. The summed E-state index contributed by atoms with van der Waals surface area (Å²) >= 11 is 3.38. The summed E-state index contributed by atoms with van der Waals surface area (Å²) in [5.74, 6) is -0.213. The molecule has 2 aromatic rings. The number of benzene rings is 1. The van der Waals surface area contributed by atoms with E-state index in [1.807, 2.05) is 18.2 Å². The summed E-state index contributed by atoms with van der Waals surface area (Å²) in [5.41, 5.74) is 8.26. The van der Waals surface area contributed by atoms with E-state index >= 15 is 0 Å². The van der Waals surface area contributed by atoms with E-state index < -0.39 is 0 Å². The molecule has 1 aromatic carbocycles. The number of nitrogens with zero attached hydrogens (tertiary/aromatic N) is 1. The molecule has 0 aliphatic heterocycles. The van der Waals surface area contributed by atoms with E-state index in [0.29, 0.717) is 25.3 Å². The molecule has 6 heteroatoms. The van der Waals surface area contributed by atoms with Gasteiger partial charge in [0, 0.05) is 28.3 Å². The van der Waals surface area contributed by atoms with Crippen LogP contribution in [0.15, 0.2) is 28.9 Å². The predicted molar refractivity (Wildman–Crippen MR) is 83.6 cm³/mol. The third kappa shape index (κ3) is 3.39. The number of carbonyl (C=O) groups excluding carboxylic acids is 1. The van der Waals surface area contributed by atoms with Crippen molar-refractivity contribution in [2.75, 3.05) is 24.2 Å². The number of nitrogens with one attached hydrogen (secondary N) is 1. The van der Waals surface area contributed by atoms with Crippen LogP contribution in [0.2, 0.25) is 0 Å². The number of halogens is 1. The lowest BCUT2D eigenvalue weighted by Gasteiger charge is -2.10. The quantitative estimate of drug-likeness (QED) is 0.647. The Balaban J connectivity index is 2.15. The van der Waals surface area contributed by atoms with Gasteiger partial charge in [0.2, 0.25) is 0 Å². The lowest BCUT2D eigenvalue weighted by molar-refractivity contribution is -0.142. The van der Waals surface area contributed by atoms with Gasteiger partial charge < -0.3 is 15.8 Å². The van der Waals surface area contributed by atoms with E-state index in [-0.39, 0.29) is 5.97 Å². The number of anilines is 2. The maximum absolute atomic E-state index is 11.3. The van der Waals surface area contributed by atoms with Crippen LogP contribution in [0.1, 0.15) is 13.3 Å². The molecule has 0 unspecified atom stereocenters. The molecule has 1 aromatic heterocycles. The molecule has 0 fully saturated rings. The Morgan fingerprint density at radius 3 is 3.05 bits per heavy atom. The maximum Gasteiger partial charge on any atom is 0.307 e. The van der Waals surface area contributed by atoms with Gasteiger partial charge in [-0.3, -0.25) is 9.78 Å². The number of nitrogens with two attached hydrogens (primary N) is 1. The van der Waals surface area contributed by atoms with Crippen LogP contribution in [-0.4, -0.2) is 24.1 Å². The second kappa shape index (κ2) is 6.56. The van der Waals surface area contributed by atoms with Crippen molar-refractivity contribution in [2.24, 2.45) is 0 Å². The Kier molecular flexibility index (Phi) is 4.79. The average Bonchev–Trinajstić information content (AvgIpc) is 2.42. The zero-order chi connectivity index (χ0) is 14.5. The van der Waals surface area contributed by atoms with Gasteiger partial charge in [-0.1, -0.05) is 0 Å². The van der Waals surface area contributed by atoms with Crippen LogP contribution >= 0.6 is 15.9 Å². The first-order valence-corrected chi connectivity index (χ1v) is 7.14. The number of hydrogen-bond donors (Lipinski definition) is 2. The Morgan fingerprint density at radius 1 is 1.50 bits per heavy atom. The van der Waals surface area contributed by atoms with E-state index in [1.54, 1.807) is 13.1 Å². The van der Waals surface area contributed by atoms with Gasteiger partial charge in [-0.25, -0.2) is 0 Å². The highest BCUT2D eigenvalue weighted by atomic mass is 79.9. The summed E-state index contributed by atoms with van der Waals surface area (Å²) in [6.45, 7) is 2.69. The summed E-state index contributed by atoms with van der Waals surface area (Å²) in [7, 11) is 0. The SMILES string of the molecule is CCOC(=O)CCNc1ccc(N)c2cc(Br)cnc12. The van der Waals surface area contributed by atoms with Gasteiger partial charge in [-0.2, -0.15) is 0 Å². The summed E-state index contributed by atoms with van der Waals surface area (Å²) in [6, 6.07) is 5.61. The predicted octanol–water partition coefficient (Wildman–Crippen LogP) is 2.94. The topological polar surface area (TPSA) is 77.2 Å². The number of fused-ring (bicyclic) bond motifs is 1. The molecule has 0 spiro atoms. The van der Waals surface area contributed by atoms with Gasteiger partial charge in [0.25, 0.3) is 0 Å². The maximum atomic E-state index is 11.3. The highest BCUT2D eigenvalue weighted by Crippen LogP contribution is 2.28. The average molecular weight is 338 g/mol. The number of nitrogen functional groups attached to an aromatic ring is 1. The minimum atomic E-state index is -0.213. The normalized spacial score (nSPS) is 10.5. The first-order valence-electron chi connectivity index (χ1n) is 6.35. The molecule has 2 rings (SSSR count). The van der Waals surface area contributed by atoms with Gasteiger partial charge in [0.15, 0.2) is 0 Å². The van der Waals surface area contributed by atoms with Crippen LogP contribution in [0.25, 0.3) is 10.9 Å². The van der Waals surface area contributed by atoms with Gasteiger partial charge >= 0.3 is 5.97 Å². The number of carbonyl (C=O) groups is 1. The summed E-state index contributed by atoms with van der Waals surface area (Å²) in [4.78, 5) is 15.7. The van der Waals surface area contributed by atoms with E-state index in [9.17, 15) is 4.79 Å². The zero-order valence-electron chi connectivity index (χ0n) is 11.1. The first kappa shape index (κ1) is 14.6. The second-order valence-corrected chi connectivity index (χ2v) is 5.15. The summed E-state index contributed by atoms with van der Waals surface area (Å²) in [6.07, 6.45) is 2.04. The number of pyridine rings is 1. The molecule has 0 aliphatic carbocycles. The fourth-order valence-corrected chi connectivity index (χ4v) is 2.22. The smallest absolute Gasteiger partial charge is 0.307 e. The molecule has 20 heavy (non-hydrogen) atoms. The van der Waals surface area contributed by atoms with Crippen LogP contribution in [0, 0.1) is 0 Å². The molecule has 0 radical (unpaired) electrons. The molecule has 0 atom stereocenters. The third-order valence-corrected chi connectivity index (χ3v) is 3.23. The Hall–Kier alpha value is -1.82. The molecular formula is C14H16BrN3O2. The molecule has 0 amide bonds. The highest BCUT2D eigenvalue weighted by molar-refractivity contribution is 9.10. The third-order valence-electron chi connectivity index (χ3n) is 2.80.